The van der Waals surface area contributed by atoms with Crippen LogP contribution >= 0.6 is 0 Å². The van der Waals surface area contributed by atoms with Crippen molar-refractivity contribution in [1.82, 2.24) is 9.55 Å². The summed E-state index contributed by atoms with van der Waals surface area (Å²) in [6, 6.07) is 10.1. The first-order chi connectivity index (χ1) is 10.6. The standard InChI is InChI=1S/C18H20N2O2/c1-13-8-16(9-13)22-11-18(21)17-10-19-12-20(17)14(2)15-6-4-3-5-7-15/h3-7,10,12,14,16H,1,8-9,11H2,2H3/t14-/m1/s1. The third-order valence-corrected chi connectivity index (χ3v) is 4.13. The zero-order valence-electron chi connectivity index (χ0n) is 12.7. The van der Waals surface area contributed by atoms with Crippen LogP contribution in [0.5, 0.6) is 0 Å². The summed E-state index contributed by atoms with van der Waals surface area (Å²) in [7, 11) is 0. The first-order valence-electron chi connectivity index (χ1n) is 7.53. The number of nitrogens with zero attached hydrogens (tertiary/aromatic N) is 2. The van der Waals surface area contributed by atoms with Gasteiger partial charge in [-0.2, -0.15) is 0 Å². The Morgan fingerprint density at radius 2 is 2.14 bits per heavy atom. The first kappa shape index (κ1) is 14.7. The van der Waals surface area contributed by atoms with Crippen LogP contribution in [-0.2, 0) is 4.74 Å². The van der Waals surface area contributed by atoms with Crippen molar-refractivity contribution in [3.63, 3.8) is 0 Å². The number of imidazole rings is 1. The minimum atomic E-state index is -0.0298. The maximum atomic E-state index is 12.4. The van der Waals surface area contributed by atoms with Crippen molar-refractivity contribution in [3.05, 3.63) is 66.3 Å². The molecular formula is C18H20N2O2. The Hall–Kier alpha value is -2.20. The van der Waals surface area contributed by atoms with Gasteiger partial charge in [0, 0.05) is 0 Å². The highest BCUT2D eigenvalue weighted by atomic mass is 16.5. The topological polar surface area (TPSA) is 44.1 Å². The smallest absolute Gasteiger partial charge is 0.206 e. The molecule has 1 aliphatic rings. The van der Waals surface area contributed by atoms with E-state index in [2.05, 4.69) is 30.6 Å². The lowest BCUT2D eigenvalue weighted by Gasteiger charge is -2.28. The summed E-state index contributed by atoms with van der Waals surface area (Å²) in [5.41, 5.74) is 2.93. The van der Waals surface area contributed by atoms with Crippen LogP contribution in [0.1, 0.15) is 41.9 Å². The van der Waals surface area contributed by atoms with E-state index in [1.807, 2.05) is 22.8 Å². The number of aromatic nitrogens is 2. The highest BCUT2D eigenvalue weighted by molar-refractivity contribution is 5.95. The largest absolute Gasteiger partial charge is 0.369 e. The zero-order valence-corrected chi connectivity index (χ0v) is 12.7. The van der Waals surface area contributed by atoms with Gasteiger partial charge < -0.3 is 9.30 Å². The highest BCUT2D eigenvalue weighted by Crippen LogP contribution is 2.27. The average molecular weight is 296 g/mol. The van der Waals surface area contributed by atoms with Crippen LogP contribution in [0.3, 0.4) is 0 Å². The molecule has 0 saturated heterocycles. The van der Waals surface area contributed by atoms with Gasteiger partial charge in [0.05, 0.1) is 24.7 Å². The monoisotopic (exact) mass is 296 g/mol. The summed E-state index contributed by atoms with van der Waals surface area (Å²) in [6.45, 7) is 6.04. The molecule has 1 heterocycles. The van der Waals surface area contributed by atoms with Gasteiger partial charge in [-0.1, -0.05) is 42.5 Å². The number of ketones is 1. The first-order valence-corrected chi connectivity index (χ1v) is 7.53. The van der Waals surface area contributed by atoms with E-state index in [4.69, 9.17) is 4.74 Å². The number of benzene rings is 1. The van der Waals surface area contributed by atoms with E-state index >= 15 is 0 Å². The van der Waals surface area contributed by atoms with Crippen molar-refractivity contribution in [1.29, 1.82) is 0 Å². The minimum Gasteiger partial charge on any atom is -0.369 e. The van der Waals surface area contributed by atoms with Gasteiger partial charge in [-0.05, 0) is 25.3 Å². The zero-order chi connectivity index (χ0) is 15.5. The molecule has 0 aliphatic heterocycles. The molecule has 4 heteroatoms. The van der Waals surface area contributed by atoms with E-state index in [1.54, 1.807) is 12.5 Å². The Balaban J connectivity index is 1.68. The molecule has 1 aliphatic carbocycles. The van der Waals surface area contributed by atoms with Gasteiger partial charge in [-0.25, -0.2) is 4.98 Å². The van der Waals surface area contributed by atoms with Crippen LogP contribution in [0.4, 0.5) is 0 Å². The van der Waals surface area contributed by atoms with E-state index in [0.717, 1.165) is 18.4 Å². The van der Waals surface area contributed by atoms with Gasteiger partial charge >= 0.3 is 0 Å². The molecule has 4 nitrogen and oxygen atoms in total. The molecule has 1 atom stereocenters. The van der Waals surface area contributed by atoms with Crippen LogP contribution in [0.15, 0.2) is 55.0 Å². The molecule has 0 N–H and O–H groups in total. The number of rotatable bonds is 6. The summed E-state index contributed by atoms with van der Waals surface area (Å²) >= 11 is 0. The quantitative estimate of drug-likeness (QED) is 0.606. The maximum absolute atomic E-state index is 12.4. The molecule has 0 radical (unpaired) electrons. The molecule has 114 valence electrons. The number of carbonyl (C=O) groups excluding carboxylic acids is 1. The summed E-state index contributed by atoms with van der Waals surface area (Å²) in [5.74, 6) is -0.0298. The Labute approximate surface area is 130 Å². The molecule has 0 bridgehead atoms. The van der Waals surface area contributed by atoms with E-state index in [9.17, 15) is 4.79 Å². The van der Waals surface area contributed by atoms with Crippen LogP contribution in [0.25, 0.3) is 0 Å². The molecule has 0 spiro atoms. The molecule has 1 aromatic carbocycles. The highest BCUT2D eigenvalue weighted by Gasteiger charge is 2.24. The van der Waals surface area contributed by atoms with Gasteiger partial charge in [0.25, 0.3) is 0 Å². The number of hydrogen-bond acceptors (Lipinski definition) is 3. The molecule has 0 amide bonds. The Kier molecular flexibility index (Phi) is 4.20. The van der Waals surface area contributed by atoms with E-state index in [0.29, 0.717) is 5.69 Å². The summed E-state index contributed by atoms with van der Waals surface area (Å²) in [6.07, 6.45) is 5.21. The predicted molar refractivity (Wildman–Crippen MR) is 84.9 cm³/mol. The fourth-order valence-corrected chi connectivity index (χ4v) is 2.69. The van der Waals surface area contributed by atoms with Crippen molar-refractivity contribution in [2.24, 2.45) is 0 Å². The fourth-order valence-electron chi connectivity index (χ4n) is 2.69. The van der Waals surface area contributed by atoms with E-state index in [-0.39, 0.29) is 24.5 Å². The lowest BCUT2D eigenvalue weighted by atomic mass is 9.90. The second-order valence-corrected chi connectivity index (χ2v) is 5.79. The van der Waals surface area contributed by atoms with Crippen LogP contribution in [0.2, 0.25) is 0 Å². The number of carbonyl (C=O) groups is 1. The Bertz CT molecular complexity index is 667. The molecule has 1 saturated carbocycles. The summed E-state index contributed by atoms with van der Waals surface area (Å²) < 4.78 is 7.53. The third kappa shape index (κ3) is 3.02. The molecule has 2 aromatic rings. The summed E-state index contributed by atoms with van der Waals surface area (Å²) in [4.78, 5) is 16.5. The predicted octanol–water partition coefficient (Wildman–Crippen LogP) is 3.41. The Morgan fingerprint density at radius 3 is 2.82 bits per heavy atom. The van der Waals surface area contributed by atoms with Crippen LogP contribution < -0.4 is 0 Å². The lowest BCUT2D eigenvalue weighted by molar-refractivity contribution is 0.0280. The van der Waals surface area contributed by atoms with Crippen molar-refractivity contribution >= 4 is 5.78 Å². The summed E-state index contributed by atoms with van der Waals surface area (Å²) in [5, 5.41) is 0. The van der Waals surface area contributed by atoms with Crippen LogP contribution in [-0.4, -0.2) is 28.0 Å². The van der Waals surface area contributed by atoms with Gasteiger partial charge in [0.15, 0.2) is 0 Å². The maximum Gasteiger partial charge on any atom is 0.206 e. The fraction of sp³-hybridized carbons (Fsp3) is 0.333. The number of ether oxygens (including phenoxy) is 1. The molecule has 3 rings (SSSR count). The SMILES string of the molecule is C=C1CC(OCC(=O)c2cncn2[C@H](C)c2ccccc2)C1. The van der Waals surface area contributed by atoms with Gasteiger partial charge in [0.1, 0.15) is 12.3 Å². The van der Waals surface area contributed by atoms with Crippen molar-refractivity contribution in [2.75, 3.05) is 6.61 Å². The van der Waals surface area contributed by atoms with Crippen molar-refractivity contribution in [3.8, 4) is 0 Å². The number of hydrogen-bond donors (Lipinski definition) is 0. The second-order valence-electron chi connectivity index (χ2n) is 5.79. The molecule has 0 unspecified atom stereocenters. The van der Waals surface area contributed by atoms with Crippen molar-refractivity contribution in [2.45, 2.75) is 31.9 Å². The van der Waals surface area contributed by atoms with Crippen LogP contribution in [0, 0.1) is 0 Å². The van der Waals surface area contributed by atoms with Crippen molar-refractivity contribution < 1.29 is 9.53 Å². The number of Topliss-reactive ketones (excluding diaryl/α,β-unsaturated/α-hetero) is 1. The minimum absolute atomic E-state index is 0.0298. The molecule has 1 fully saturated rings. The third-order valence-electron chi connectivity index (χ3n) is 4.13. The second kappa shape index (κ2) is 6.28. The Morgan fingerprint density at radius 1 is 1.41 bits per heavy atom. The molecule has 1 aromatic heterocycles. The van der Waals surface area contributed by atoms with E-state index < -0.39 is 0 Å². The van der Waals surface area contributed by atoms with Gasteiger partial charge in [-0.3, -0.25) is 4.79 Å². The molecular weight excluding hydrogens is 276 g/mol. The normalized spacial score (nSPS) is 16.3. The van der Waals surface area contributed by atoms with Gasteiger partial charge in [-0.15, -0.1) is 0 Å². The molecule has 22 heavy (non-hydrogen) atoms. The van der Waals surface area contributed by atoms with E-state index in [1.165, 1.54) is 5.57 Å². The average Bonchev–Trinajstić information content (AvgIpc) is 3.00. The van der Waals surface area contributed by atoms with Gasteiger partial charge in [0.2, 0.25) is 5.78 Å². The lowest BCUT2D eigenvalue weighted by Crippen LogP contribution is -2.27.